The first-order valence-corrected chi connectivity index (χ1v) is 9.33. The van der Waals surface area contributed by atoms with Crippen LogP contribution in [0.15, 0.2) is 36.4 Å². The fourth-order valence-electron chi connectivity index (χ4n) is 3.04. The maximum absolute atomic E-state index is 12.8. The Bertz CT molecular complexity index is 824. The summed E-state index contributed by atoms with van der Waals surface area (Å²) in [6.07, 6.45) is 0. The van der Waals surface area contributed by atoms with Gasteiger partial charge in [-0.05, 0) is 54.8 Å². The van der Waals surface area contributed by atoms with Crippen LogP contribution in [0.25, 0.3) is 0 Å². The van der Waals surface area contributed by atoms with Gasteiger partial charge >= 0.3 is 6.03 Å². The van der Waals surface area contributed by atoms with Crippen molar-refractivity contribution in [1.29, 1.82) is 0 Å². The van der Waals surface area contributed by atoms with Crippen LogP contribution in [0.3, 0.4) is 0 Å². The molecule has 25 heavy (non-hydrogen) atoms. The molecular formula is C19H20N2O3S. The largest absolute Gasteiger partial charge is 0.454 e. The van der Waals surface area contributed by atoms with Crippen LogP contribution < -0.4 is 14.8 Å². The van der Waals surface area contributed by atoms with Crippen molar-refractivity contribution in [2.45, 2.75) is 19.2 Å². The molecule has 5 nitrogen and oxygen atoms in total. The lowest BCUT2D eigenvalue weighted by Gasteiger charge is -2.24. The predicted octanol–water partition coefficient (Wildman–Crippen LogP) is 4.31. The van der Waals surface area contributed by atoms with Crippen LogP contribution in [0.1, 0.15) is 22.1 Å². The number of urea groups is 1. The molecular weight excluding hydrogens is 336 g/mol. The van der Waals surface area contributed by atoms with Crippen LogP contribution in [0, 0.1) is 13.8 Å². The summed E-state index contributed by atoms with van der Waals surface area (Å²) in [7, 11) is 0. The fraction of sp³-hybridized carbons (Fsp3) is 0.316. The van der Waals surface area contributed by atoms with E-state index in [0.717, 1.165) is 35.0 Å². The van der Waals surface area contributed by atoms with E-state index in [1.54, 1.807) is 11.8 Å². The van der Waals surface area contributed by atoms with Gasteiger partial charge in [0.1, 0.15) is 5.37 Å². The van der Waals surface area contributed by atoms with Crippen molar-refractivity contribution < 1.29 is 14.3 Å². The molecule has 1 saturated heterocycles. The van der Waals surface area contributed by atoms with E-state index >= 15 is 0 Å². The molecule has 2 aliphatic heterocycles. The van der Waals surface area contributed by atoms with E-state index in [0.29, 0.717) is 0 Å². The minimum Gasteiger partial charge on any atom is -0.454 e. The smallest absolute Gasteiger partial charge is 0.323 e. The maximum Gasteiger partial charge on any atom is 0.323 e. The monoisotopic (exact) mass is 356 g/mol. The molecule has 1 atom stereocenters. The Hall–Kier alpha value is -2.34. The number of anilines is 1. The van der Waals surface area contributed by atoms with Crippen molar-refractivity contribution in [2.75, 3.05) is 24.4 Å². The summed E-state index contributed by atoms with van der Waals surface area (Å²) < 4.78 is 10.8. The Balaban J connectivity index is 1.52. The minimum absolute atomic E-state index is 0.0129. The van der Waals surface area contributed by atoms with Crippen molar-refractivity contribution in [3.8, 4) is 11.5 Å². The van der Waals surface area contributed by atoms with Crippen molar-refractivity contribution in [2.24, 2.45) is 0 Å². The molecule has 0 saturated carbocycles. The van der Waals surface area contributed by atoms with E-state index in [1.807, 2.05) is 48.2 Å². The van der Waals surface area contributed by atoms with Gasteiger partial charge in [0.25, 0.3) is 0 Å². The Kier molecular flexibility index (Phi) is 4.21. The summed E-state index contributed by atoms with van der Waals surface area (Å²) in [4.78, 5) is 14.6. The minimum atomic E-state index is -0.0732. The number of rotatable bonds is 2. The molecule has 4 rings (SSSR count). The number of benzene rings is 2. The van der Waals surface area contributed by atoms with Crippen LogP contribution >= 0.6 is 11.8 Å². The van der Waals surface area contributed by atoms with E-state index in [-0.39, 0.29) is 18.2 Å². The van der Waals surface area contributed by atoms with Gasteiger partial charge in [0.15, 0.2) is 11.5 Å². The Morgan fingerprint density at radius 3 is 2.80 bits per heavy atom. The van der Waals surface area contributed by atoms with Gasteiger partial charge in [-0.1, -0.05) is 12.1 Å². The highest BCUT2D eigenvalue weighted by atomic mass is 32.2. The maximum atomic E-state index is 12.8. The first-order chi connectivity index (χ1) is 12.1. The summed E-state index contributed by atoms with van der Waals surface area (Å²) >= 11 is 1.76. The molecule has 2 heterocycles. The number of hydrogen-bond donors (Lipinski definition) is 1. The highest BCUT2D eigenvalue weighted by Gasteiger charge is 2.31. The van der Waals surface area contributed by atoms with Crippen LogP contribution in [-0.2, 0) is 0 Å². The number of ether oxygens (including phenoxy) is 2. The SMILES string of the molecule is Cc1ccc(NC(=O)N2CCS[C@H]2c2ccc3c(c2)OCO3)cc1C. The average Bonchev–Trinajstić information content (AvgIpc) is 3.26. The number of amides is 2. The number of hydrogen-bond acceptors (Lipinski definition) is 4. The zero-order valence-electron chi connectivity index (χ0n) is 14.2. The van der Waals surface area contributed by atoms with Crippen LogP contribution in [-0.4, -0.2) is 30.0 Å². The molecule has 2 aromatic rings. The lowest BCUT2D eigenvalue weighted by atomic mass is 10.1. The second kappa shape index (κ2) is 6.52. The first-order valence-electron chi connectivity index (χ1n) is 8.28. The van der Waals surface area contributed by atoms with Crippen molar-refractivity contribution in [1.82, 2.24) is 4.90 Å². The summed E-state index contributed by atoms with van der Waals surface area (Å²) in [6.45, 7) is 5.09. The normalized spacial score (nSPS) is 18.5. The standard InChI is InChI=1S/C19H20N2O3S/c1-12-3-5-15(9-13(12)2)20-19(22)21-7-8-25-18(21)14-4-6-16-17(10-14)24-11-23-16/h3-6,9-10,18H,7-8,11H2,1-2H3,(H,20,22)/t18-/m0/s1. The lowest BCUT2D eigenvalue weighted by Crippen LogP contribution is -2.34. The number of carbonyl (C=O) groups excluding carboxylic acids is 1. The molecule has 0 aromatic heterocycles. The molecule has 2 aliphatic rings. The number of nitrogens with zero attached hydrogens (tertiary/aromatic N) is 1. The average molecular weight is 356 g/mol. The van der Waals surface area contributed by atoms with Gasteiger partial charge in [-0.2, -0.15) is 0 Å². The third kappa shape index (κ3) is 3.14. The number of thioether (sulfide) groups is 1. The number of carbonyl (C=O) groups is 1. The second-order valence-electron chi connectivity index (χ2n) is 6.26. The van der Waals surface area contributed by atoms with E-state index in [1.165, 1.54) is 11.1 Å². The Labute approximate surface area is 151 Å². The molecule has 0 radical (unpaired) electrons. The quantitative estimate of drug-likeness (QED) is 0.871. The fourth-order valence-corrected chi connectivity index (χ4v) is 4.28. The van der Waals surface area contributed by atoms with Gasteiger partial charge in [0, 0.05) is 18.0 Å². The topological polar surface area (TPSA) is 50.8 Å². The van der Waals surface area contributed by atoms with E-state index in [4.69, 9.17) is 9.47 Å². The summed E-state index contributed by atoms with van der Waals surface area (Å²) in [5, 5.41) is 3.01. The lowest BCUT2D eigenvalue weighted by molar-refractivity contribution is 0.174. The highest BCUT2D eigenvalue weighted by molar-refractivity contribution is 7.99. The molecule has 2 aromatic carbocycles. The van der Waals surface area contributed by atoms with Gasteiger partial charge < -0.3 is 19.7 Å². The molecule has 130 valence electrons. The van der Waals surface area contributed by atoms with Crippen LogP contribution in [0.2, 0.25) is 0 Å². The Morgan fingerprint density at radius 2 is 1.96 bits per heavy atom. The van der Waals surface area contributed by atoms with Gasteiger partial charge in [-0.15, -0.1) is 11.8 Å². The zero-order valence-corrected chi connectivity index (χ0v) is 15.1. The van der Waals surface area contributed by atoms with E-state index < -0.39 is 0 Å². The third-order valence-electron chi connectivity index (χ3n) is 4.59. The molecule has 0 aliphatic carbocycles. The molecule has 0 bridgehead atoms. The molecule has 2 amide bonds. The van der Waals surface area contributed by atoms with Gasteiger partial charge in [0.2, 0.25) is 6.79 Å². The number of aryl methyl sites for hydroxylation is 2. The molecule has 0 spiro atoms. The van der Waals surface area contributed by atoms with Crippen molar-refractivity contribution in [3.63, 3.8) is 0 Å². The van der Waals surface area contributed by atoms with E-state index in [2.05, 4.69) is 12.2 Å². The summed E-state index contributed by atoms with van der Waals surface area (Å²) in [5.74, 6) is 2.43. The highest BCUT2D eigenvalue weighted by Crippen LogP contribution is 2.42. The van der Waals surface area contributed by atoms with Gasteiger partial charge in [0.05, 0.1) is 0 Å². The second-order valence-corrected chi connectivity index (χ2v) is 7.45. The molecule has 1 fully saturated rings. The van der Waals surface area contributed by atoms with Crippen LogP contribution in [0.4, 0.5) is 10.5 Å². The number of fused-ring (bicyclic) bond motifs is 1. The third-order valence-corrected chi connectivity index (χ3v) is 5.85. The van der Waals surface area contributed by atoms with Gasteiger partial charge in [-0.25, -0.2) is 4.79 Å². The molecule has 1 N–H and O–H groups in total. The molecule has 0 unspecified atom stereocenters. The first kappa shape index (κ1) is 16.1. The Morgan fingerprint density at radius 1 is 1.12 bits per heavy atom. The number of nitrogens with one attached hydrogen (secondary N) is 1. The summed E-state index contributed by atoms with van der Waals surface area (Å²) in [5.41, 5.74) is 4.27. The summed E-state index contributed by atoms with van der Waals surface area (Å²) in [6, 6.07) is 11.8. The zero-order chi connectivity index (χ0) is 17.4. The molecule has 6 heteroatoms. The van der Waals surface area contributed by atoms with Crippen molar-refractivity contribution in [3.05, 3.63) is 53.1 Å². The van der Waals surface area contributed by atoms with Gasteiger partial charge in [-0.3, -0.25) is 0 Å². The van der Waals surface area contributed by atoms with Crippen LogP contribution in [0.5, 0.6) is 11.5 Å². The van der Waals surface area contributed by atoms with Crippen molar-refractivity contribution >= 4 is 23.5 Å². The van der Waals surface area contributed by atoms with E-state index in [9.17, 15) is 4.79 Å². The predicted molar refractivity (Wildman–Crippen MR) is 99.4 cm³/mol.